The van der Waals surface area contributed by atoms with Gasteiger partial charge in [-0.25, -0.2) is 8.78 Å². The molecule has 0 heterocycles. The summed E-state index contributed by atoms with van der Waals surface area (Å²) >= 11 is 0. The van der Waals surface area contributed by atoms with E-state index in [1.54, 1.807) is 26.2 Å². The zero-order chi connectivity index (χ0) is 21.7. The average molecular weight is 400 g/mol. The highest BCUT2D eigenvalue weighted by molar-refractivity contribution is 5.55. The summed E-state index contributed by atoms with van der Waals surface area (Å²) in [5.74, 6) is 9.91. The molecule has 0 aliphatic rings. The molecule has 3 heteroatoms. The van der Waals surface area contributed by atoms with Gasteiger partial charge in [0, 0.05) is 29.2 Å². The average Bonchev–Trinajstić information content (AvgIpc) is 2.72. The SMILES string of the molecule is COc1cc(C#Cc2ccc(C)cc2)ccc1C#Cc1ccc(C)c(C(C)(F)F)c1. The Morgan fingerprint density at radius 2 is 1.30 bits per heavy atom. The summed E-state index contributed by atoms with van der Waals surface area (Å²) in [6, 6.07) is 18.4. The van der Waals surface area contributed by atoms with Crippen molar-refractivity contribution in [2.45, 2.75) is 26.7 Å². The van der Waals surface area contributed by atoms with Crippen LogP contribution < -0.4 is 4.74 Å². The molecule has 3 aromatic carbocycles. The number of methoxy groups -OCH3 is 1. The Morgan fingerprint density at radius 1 is 0.733 bits per heavy atom. The van der Waals surface area contributed by atoms with Crippen LogP contribution in [0, 0.1) is 37.5 Å². The maximum absolute atomic E-state index is 13.8. The Hall–Kier alpha value is -3.56. The third-order valence-electron chi connectivity index (χ3n) is 4.66. The molecule has 0 bridgehead atoms. The molecule has 1 nitrogen and oxygen atoms in total. The van der Waals surface area contributed by atoms with Crippen LogP contribution in [-0.4, -0.2) is 7.11 Å². The fourth-order valence-corrected chi connectivity index (χ4v) is 2.97. The molecule has 0 spiro atoms. The van der Waals surface area contributed by atoms with Crippen molar-refractivity contribution < 1.29 is 13.5 Å². The maximum Gasteiger partial charge on any atom is 0.270 e. The van der Waals surface area contributed by atoms with E-state index in [2.05, 4.69) is 23.7 Å². The molecule has 0 aromatic heterocycles. The lowest BCUT2D eigenvalue weighted by atomic mass is 10.0. The number of halogens is 2. The predicted octanol–water partition coefficient (Wildman–Crippen LogP) is 6.22. The van der Waals surface area contributed by atoms with E-state index in [9.17, 15) is 8.78 Å². The number of alkyl halides is 2. The Labute approximate surface area is 176 Å². The molecular formula is C27H22F2O. The summed E-state index contributed by atoms with van der Waals surface area (Å²) in [7, 11) is 1.57. The number of hydrogen-bond donors (Lipinski definition) is 0. The van der Waals surface area contributed by atoms with Gasteiger partial charge in [-0.15, -0.1) is 0 Å². The Morgan fingerprint density at radius 3 is 1.97 bits per heavy atom. The van der Waals surface area contributed by atoms with Gasteiger partial charge in [0.2, 0.25) is 0 Å². The lowest BCUT2D eigenvalue weighted by Crippen LogP contribution is -2.09. The fourth-order valence-electron chi connectivity index (χ4n) is 2.97. The molecular weight excluding hydrogens is 378 g/mol. The number of benzene rings is 3. The van der Waals surface area contributed by atoms with Gasteiger partial charge in [0.15, 0.2) is 0 Å². The van der Waals surface area contributed by atoms with E-state index < -0.39 is 5.92 Å². The second-order valence-electron chi connectivity index (χ2n) is 7.20. The van der Waals surface area contributed by atoms with Crippen molar-refractivity contribution in [3.63, 3.8) is 0 Å². The van der Waals surface area contributed by atoms with E-state index in [4.69, 9.17) is 4.74 Å². The van der Waals surface area contributed by atoms with Gasteiger partial charge in [-0.1, -0.05) is 47.4 Å². The zero-order valence-corrected chi connectivity index (χ0v) is 17.4. The molecule has 0 N–H and O–H groups in total. The summed E-state index contributed by atoms with van der Waals surface area (Å²) in [6.07, 6.45) is 0. The molecule has 3 rings (SSSR count). The normalized spacial score (nSPS) is 10.5. The van der Waals surface area contributed by atoms with Crippen LogP contribution in [0.2, 0.25) is 0 Å². The molecule has 150 valence electrons. The third-order valence-corrected chi connectivity index (χ3v) is 4.66. The third kappa shape index (κ3) is 5.28. The fraction of sp³-hybridized carbons (Fsp3) is 0.185. The minimum atomic E-state index is -2.91. The lowest BCUT2D eigenvalue weighted by Gasteiger charge is -2.13. The van der Waals surface area contributed by atoms with E-state index >= 15 is 0 Å². The summed E-state index contributed by atoms with van der Waals surface area (Å²) in [5, 5.41) is 0. The molecule has 0 aliphatic carbocycles. The van der Waals surface area contributed by atoms with Crippen LogP contribution in [-0.2, 0) is 5.92 Å². The first kappa shape index (κ1) is 21.2. The van der Waals surface area contributed by atoms with Gasteiger partial charge in [-0.05, 0) is 61.9 Å². The number of aryl methyl sites for hydroxylation is 2. The second kappa shape index (κ2) is 8.85. The van der Waals surface area contributed by atoms with Crippen molar-refractivity contribution in [3.05, 3.63) is 99.6 Å². The summed E-state index contributed by atoms with van der Waals surface area (Å²) < 4.78 is 33.0. The van der Waals surface area contributed by atoms with Crippen LogP contribution >= 0.6 is 0 Å². The first-order chi connectivity index (χ1) is 14.3. The zero-order valence-electron chi connectivity index (χ0n) is 17.4. The van der Waals surface area contributed by atoms with Crippen molar-refractivity contribution in [3.8, 4) is 29.4 Å². The van der Waals surface area contributed by atoms with Gasteiger partial charge in [-0.3, -0.25) is 0 Å². The lowest BCUT2D eigenvalue weighted by molar-refractivity contribution is 0.0168. The topological polar surface area (TPSA) is 9.23 Å². The molecule has 0 aliphatic heterocycles. The molecule has 3 aromatic rings. The van der Waals surface area contributed by atoms with E-state index in [1.807, 2.05) is 49.4 Å². The highest BCUT2D eigenvalue weighted by Gasteiger charge is 2.26. The van der Waals surface area contributed by atoms with Crippen LogP contribution in [0.3, 0.4) is 0 Å². The monoisotopic (exact) mass is 400 g/mol. The van der Waals surface area contributed by atoms with Crippen molar-refractivity contribution in [1.29, 1.82) is 0 Å². The smallest absolute Gasteiger partial charge is 0.270 e. The van der Waals surface area contributed by atoms with Crippen molar-refractivity contribution in [1.82, 2.24) is 0 Å². The van der Waals surface area contributed by atoms with Gasteiger partial charge in [0.25, 0.3) is 5.92 Å². The summed E-state index contributed by atoms with van der Waals surface area (Å²) in [4.78, 5) is 0. The molecule has 0 atom stereocenters. The van der Waals surface area contributed by atoms with Gasteiger partial charge in [0.05, 0.1) is 12.7 Å². The molecule has 30 heavy (non-hydrogen) atoms. The Kier molecular flexibility index (Phi) is 6.24. The van der Waals surface area contributed by atoms with Crippen molar-refractivity contribution >= 4 is 0 Å². The van der Waals surface area contributed by atoms with E-state index in [0.29, 0.717) is 22.4 Å². The minimum Gasteiger partial charge on any atom is -0.495 e. The molecule has 0 saturated carbocycles. The van der Waals surface area contributed by atoms with Crippen LogP contribution in [0.5, 0.6) is 5.75 Å². The summed E-state index contributed by atoms with van der Waals surface area (Å²) in [5.41, 5.74) is 4.66. The molecule has 0 amide bonds. The van der Waals surface area contributed by atoms with Gasteiger partial charge in [-0.2, -0.15) is 0 Å². The van der Waals surface area contributed by atoms with Crippen LogP contribution in [0.25, 0.3) is 0 Å². The summed E-state index contributed by atoms with van der Waals surface area (Å²) in [6.45, 7) is 4.60. The van der Waals surface area contributed by atoms with Gasteiger partial charge in [0.1, 0.15) is 5.75 Å². The first-order valence-corrected chi connectivity index (χ1v) is 9.54. The highest BCUT2D eigenvalue weighted by atomic mass is 19.3. The molecule has 0 radical (unpaired) electrons. The standard InChI is InChI=1S/C27H22F2O/c1-19-5-8-21(9-6-19)11-12-23-14-16-24(26(18-23)30-4)15-13-22-10-7-20(2)25(17-22)27(3,28)29/h5-10,14,16-18H,1-4H3. The minimum absolute atomic E-state index is 0.0111. The molecule has 0 saturated heterocycles. The maximum atomic E-state index is 13.8. The predicted molar refractivity (Wildman–Crippen MR) is 117 cm³/mol. The van der Waals surface area contributed by atoms with Crippen molar-refractivity contribution in [2.24, 2.45) is 0 Å². The second-order valence-corrected chi connectivity index (χ2v) is 7.20. The van der Waals surface area contributed by atoms with E-state index in [1.165, 1.54) is 11.6 Å². The number of hydrogen-bond acceptors (Lipinski definition) is 1. The van der Waals surface area contributed by atoms with Crippen molar-refractivity contribution in [2.75, 3.05) is 7.11 Å². The number of ether oxygens (including phenoxy) is 1. The Balaban J connectivity index is 1.88. The van der Waals surface area contributed by atoms with Crippen LogP contribution in [0.1, 0.15) is 45.9 Å². The highest BCUT2D eigenvalue weighted by Crippen LogP contribution is 2.30. The Bertz CT molecular complexity index is 1180. The molecule has 0 unspecified atom stereocenters. The van der Waals surface area contributed by atoms with E-state index in [-0.39, 0.29) is 5.56 Å². The molecule has 0 fully saturated rings. The van der Waals surface area contributed by atoms with Gasteiger partial charge >= 0.3 is 0 Å². The van der Waals surface area contributed by atoms with Gasteiger partial charge < -0.3 is 4.74 Å². The van der Waals surface area contributed by atoms with Crippen LogP contribution in [0.15, 0.2) is 60.7 Å². The largest absolute Gasteiger partial charge is 0.495 e. The van der Waals surface area contributed by atoms with Crippen LogP contribution in [0.4, 0.5) is 8.78 Å². The van der Waals surface area contributed by atoms with E-state index in [0.717, 1.165) is 18.1 Å². The quantitative estimate of drug-likeness (QED) is 0.464. The first-order valence-electron chi connectivity index (χ1n) is 9.54. The number of rotatable bonds is 2.